The maximum Gasteiger partial charge on any atom is 0.364 e. The van der Waals surface area contributed by atoms with Gasteiger partial charge in [0.1, 0.15) is 67.1 Å². The van der Waals surface area contributed by atoms with E-state index in [1.807, 2.05) is 6.08 Å². The minimum absolute atomic E-state index is 0.200. The first-order valence-electron chi connectivity index (χ1n) is 41.2. The van der Waals surface area contributed by atoms with Gasteiger partial charge in [-0.1, -0.05) is 289 Å². The van der Waals surface area contributed by atoms with E-state index in [1.165, 1.54) is 231 Å². The number of nitrogens with one attached hydrogen (secondary N) is 2. The normalized spacial score (nSPS) is 26.6. The molecule has 18 atom stereocenters. The molecule has 14 N–H and O–H groups in total. The zero-order chi connectivity index (χ0) is 75.3. The number of carboxylic acids is 1. The lowest BCUT2D eigenvalue weighted by Gasteiger charge is -2.50. The van der Waals surface area contributed by atoms with Crippen LogP contribution in [0.15, 0.2) is 24.3 Å². The fourth-order valence-electron chi connectivity index (χ4n) is 14.4. The maximum absolute atomic E-state index is 13.5. The first-order chi connectivity index (χ1) is 49.9. The molecule has 3 rings (SSSR count). The van der Waals surface area contributed by atoms with Crippen molar-refractivity contribution in [2.24, 2.45) is 0 Å². The summed E-state index contributed by atoms with van der Waals surface area (Å²) in [6.07, 6.45) is 36.4. The van der Waals surface area contributed by atoms with E-state index in [1.54, 1.807) is 6.08 Å². The molecule has 23 nitrogen and oxygen atoms in total. The minimum atomic E-state index is -3.08. The second kappa shape index (κ2) is 59.1. The van der Waals surface area contributed by atoms with Gasteiger partial charge in [-0.3, -0.25) is 9.59 Å². The number of unbranched alkanes of at least 4 members (excludes halogenated alkanes) is 43. The van der Waals surface area contributed by atoms with Crippen molar-refractivity contribution >= 4 is 17.8 Å². The number of hydrogen-bond donors (Lipinski definition) is 14. The van der Waals surface area contributed by atoms with Gasteiger partial charge >= 0.3 is 5.97 Å². The lowest BCUT2D eigenvalue weighted by Crippen LogP contribution is -2.70. The average Bonchev–Trinajstić information content (AvgIpc) is 0.754. The minimum Gasteiger partial charge on any atom is -0.477 e. The zero-order valence-electron chi connectivity index (χ0n) is 63.9. The van der Waals surface area contributed by atoms with Crippen molar-refractivity contribution in [3.63, 3.8) is 0 Å². The van der Waals surface area contributed by atoms with Crippen LogP contribution in [0.25, 0.3) is 0 Å². The largest absolute Gasteiger partial charge is 0.477 e. The Morgan fingerprint density at radius 1 is 0.505 bits per heavy atom. The highest BCUT2D eigenvalue weighted by Gasteiger charge is 2.60. The number of carboxylic acid groups (broad SMARTS) is 1. The van der Waals surface area contributed by atoms with E-state index in [0.29, 0.717) is 12.8 Å². The van der Waals surface area contributed by atoms with Crippen LogP contribution in [0.2, 0.25) is 0 Å². The highest BCUT2D eigenvalue weighted by atomic mass is 16.8. The highest BCUT2D eigenvalue weighted by Crippen LogP contribution is 2.39. The number of amides is 2. The first-order valence-corrected chi connectivity index (χ1v) is 41.2. The lowest BCUT2D eigenvalue weighted by molar-refractivity contribution is -0.386. The van der Waals surface area contributed by atoms with Gasteiger partial charge in [-0.2, -0.15) is 0 Å². The summed E-state index contributed by atoms with van der Waals surface area (Å²) in [6, 6.07) is -2.62. The van der Waals surface area contributed by atoms with E-state index in [2.05, 4.69) is 36.6 Å². The number of carbonyl (C=O) groups is 3. The van der Waals surface area contributed by atoms with Crippen molar-refractivity contribution in [3.05, 3.63) is 24.3 Å². The Balaban J connectivity index is 1.52. The van der Waals surface area contributed by atoms with E-state index < -0.39 is 155 Å². The van der Waals surface area contributed by atoms with E-state index in [9.17, 15) is 75.7 Å². The topological polar surface area (TPSA) is 373 Å². The molecule has 3 heterocycles. The van der Waals surface area contributed by atoms with Crippen LogP contribution in [0.4, 0.5) is 0 Å². The SMILES string of the molecule is CCCCCCCCCCCCCC/C=C\CCCCCCCCCCCCC(=O)NC(COC1OC(CO)C(OC2OC(CO)C(O)C(OC3(C(=O)O)CC(O)C(NC(C)=O)C(C(O)C(O)CO)O3)C2O)C(O)C1O)C(O)/C=C/CCCCCCCCCCCCCCCCCCCCCCC. The third-order valence-electron chi connectivity index (χ3n) is 20.9. The molecule has 0 radical (unpaired) electrons. The standard InChI is InChI=1S/C80H148N2O21/c1-4-6-8-10-12-14-16-18-20-22-24-26-28-29-30-32-34-36-38-40-42-44-46-48-50-52-54-67(90)82-61(62(87)53-51-49-47-45-43-41-39-37-35-33-31-27-25-23-21-19-17-15-13-11-9-7-5-2)59-98-77-72(94)71(93)74(66(58-85)100-77)101-78-73(95)76(70(92)65(57-84)99-78)103-80(79(96)97)55-63(88)68(81-60(3)86)75(102-80)69(91)64(89)56-83/h29-30,51,53,61-66,68-78,83-85,87-89,91-95H,4-28,31-50,52,54-59H2,1-3H3,(H,81,86)(H,82,90)(H,96,97)/b30-29-,53-51+. The fourth-order valence-corrected chi connectivity index (χ4v) is 14.4. The summed E-state index contributed by atoms with van der Waals surface area (Å²) in [4.78, 5) is 38.7. The van der Waals surface area contributed by atoms with Gasteiger partial charge in [0, 0.05) is 19.8 Å². The van der Waals surface area contributed by atoms with Gasteiger partial charge in [0.15, 0.2) is 12.6 Å². The van der Waals surface area contributed by atoms with Crippen molar-refractivity contribution in [2.75, 3.05) is 26.4 Å². The smallest absolute Gasteiger partial charge is 0.364 e. The maximum atomic E-state index is 13.5. The number of rotatable bonds is 65. The predicted octanol–water partition coefficient (Wildman–Crippen LogP) is 11.1. The van der Waals surface area contributed by atoms with Gasteiger partial charge in [-0.15, -0.1) is 0 Å². The lowest BCUT2D eigenvalue weighted by atomic mass is 9.88. The van der Waals surface area contributed by atoms with Gasteiger partial charge in [0.2, 0.25) is 11.8 Å². The molecule has 2 amide bonds. The van der Waals surface area contributed by atoms with Crippen molar-refractivity contribution in [3.8, 4) is 0 Å². The Morgan fingerprint density at radius 2 is 0.913 bits per heavy atom. The van der Waals surface area contributed by atoms with Crippen molar-refractivity contribution < 1.29 is 104 Å². The summed E-state index contributed by atoms with van der Waals surface area (Å²) in [6.45, 7) is 2.19. The monoisotopic (exact) mass is 1470 g/mol. The molecule has 3 aliphatic heterocycles. The Morgan fingerprint density at radius 3 is 1.32 bits per heavy atom. The molecule has 3 fully saturated rings. The molecule has 18 unspecified atom stereocenters. The molecule has 0 bridgehead atoms. The van der Waals surface area contributed by atoms with E-state index in [4.69, 9.17) is 28.4 Å². The fraction of sp³-hybridized carbons (Fsp3) is 0.912. The number of aliphatic hydroxyl groups excluding tert-OH is 11. The molecule has 103 heavy (non-hydrogen) atoms. The number of allylic oxidation sites excluding steroid dienone is 3. The van der Waals surface area contributed by atoms with Crippen molar-refractivity contribution in [1.29, 1.82) is 0 Å². The van der Waals surface area contributed by atoms with Gasteiger partial charge in [-0.25, -0.2) is 4.79 Å². The van der Waals surface area contributed by atoms with Crippen LogP contribution in [0.3, 0.4) is 0 Å². The molecule has 604 valence electrons. The molecule has 23 heteroatoms. The second-order valence-corrected chi connectivity index (χ2v) is 30.0. The Labute approximate surface area is 619 Å². The number of hydrogen-bond acceptors (Lipinski definition) is 20. The Hall–Kier alpha value is -2.79. The summed E-state index contributed by atoms with van der Waals surface area (Å²) in [5.74, 6) is -6.14. The van der Waals surface area contributed by atoms with E-state index in [-0.39, 0.29) is 12.3 Å². The van der Waals surface area contributed by atoms with E-state index >= 15 is 0 Å². The number of aliphatic carboxylic acids is 1. The summed E-state index contributed by atoms with van der Waals surface area (Å²) in [5.41, 5.74) is 0. The predicted molar refractivity (Wildman–Crippen MR) is 398 cm³/mol. The van der Waals surface area contributed by atoms with Crippen LogP contribution >= 0.6 is 0 Å². The molecule has 0 spiro atoms. The quantitative estimate of drug-likeness (QED) is 0.0199. The van der Waals surface area contributed by atoms with Gasteiger partial charge < -0.3 is 100 Å². The van der Waals surface area contributed by atoms with Gasteiger partial charge in [-0.05, 0) is 44.9 Å². The summed E-state index contributed by atoms with van der Waals surface area (Å²) in [7, 11) is 0. The average molecular weight is 1470 g/mol. The molecule has 0 aliphatic carbocycles. The number of ether oxygens (including phenoxy) is 6. The molecular formula is C80H148N2O21. The van der Waals surface area contributed by atoms with Crippen LogP contribution in [0.1, 0.15) is 329 Å². The summed E-state index contributed by atoms with van der Waals surface area (Å²) in [5, 5.41) is 136. The van der Waals surface area contributed by atoms with Crippen LogP contribution in [0.5, 0.6) is 0 Å². The second-order valence-electron chi connectivity index (χ2n) is 30.0. The van der Waals surface area contributed by atoms with Gasteiger partial charge in [0.25, 0.3) is 5.79 Å². The van der Waals surface area contributed by atoms with Crippen LogP contribution < -0.4 is 10.6 Å². The van der Waals surface area contributed by atoms with Crippen molar-refractivity contribution in [1.82, 2.24) is 10.6 Å². The van der Waals surface area contributed by atoms with Crippen LogP contribution in [-0.2, 0) is 42.8 Å². The van der Waals surface area contributed by atoms with Crippen molar-refractivity contribution in [2.45, 2.75) is 439 Å². The first kappa shape index (κ1) is 94.4. The molecular weight excluding hydrogens is 1320 g/mol. The third-order valence-corrected chi connectivity index (χ3v) is 20.9. The summed E-state index contributed by atoms with van der Waals surface area (Å²) >= 11 is 0. The number of carbonyl (C=O) groups excluding carboxylic acids is 2. The zero-order valence-corrected chi connectivity index (χ0v) is 63.9. The molecule has 0 aromatic heterocycles. The molecule has 0 saturated carbocycles. The van der Waals surface area contributed by atoms with E-state index in [0.717, 1.165) is 58.3 Å². The Kier molecular flexibility index (Phi) is 54.2. The summed E-state index contributed by atoms with van der Waals surface area (Å²) < 4.78 is 34.9. The van der Waals surface area contributed by atoms with Crippen LogP contribution in [0, 0.1) is 0 Å². The molecule has 0 aromatic carbocycles. The third kappa shape index (κ3) is 39.4. The number of aliphatic hydroxyl groups is 11. The molecule has 3 saturated heterocycles. The van der Waals surface area contributed by atoms with Crippen LogP contribution in [-0.4, -0.2) is 215 Å². The molecule has 0 aromatic rings. The van der Waals surface area contributed by atoms with Gasteiger partial charge in [0.05, 0.1) is 50.7 Å². The molecule has 3 aliphatic rings. The highest BCUT2D eigenvalue weighted by molar-refractivity contribution is 5.77. The Bertz CT molecular complexity index is 2150.